The highest BCUT2D eigenvalue weighted by Crippen LogP contribution is 2.34. The number of phenols is 1. The number of allylic oxidation sites excluding steroid dienone is 1. The fourth-order valence-electron chi connectivity index (χ4n) is 1.89. The molecule has 0 saturated carbocycles. The molecule has 1 aromatic heterocycles. The first-order chi connectivity index (χ1) is 13.2. The van der Waals surface area contributed by atoms with E-state index in [9.17, 15) is 40.2 Å². The standard InChI is InChI=1S/C14H9N5O9/c20-13-10(6-8(17(22)23)7-11(13)18(24)25)14(21)16-15-5-1-2-9-3-4-12(28-9)19(26)27/h1-7,20H,(H,16,21)/b2-1+,15-5+. The van der Waals surface area contributed by atoms with Crippen LogP contribution in [-0.4, -0.2) is 32.0 Å². The summed E-state index contributed by atoms with van der Waals surface area (Å²) in [5, 5.41) is 45.4. The van der Waals surface area contributed by atoms with Crippen molar-refractivity contribution in [3.8, 4) is 5.75 Å². The van der Waals surface area contributed by atoms with Crippen LogP contribution in [0.5, 0.6) is 5.75 Å². The molecule has 28 heavy (non-hydrogen) atoms. The molecule has 1 aromatic carbocycles. The molecular formula is C14H9N5O9. The molecule has 0 spiro atoms. The van der Waals surface area contributed by atoms with Gasteiger partial charge in [-0.2, -0.15) is 5.10 Å². The number of hydrazone groups is 1. The topological polar surface area (TPSA) is 204 Å². The number of nitrogens with one attached hydrogen (secondary N) is 1. The van der Waals surface area contributed by atoms with Crippen LogP contribution in [0, 0.1) is 30.3 Å². The van der Waals surface area contributed by atoms with Gasteiger partial charge in [0.1, 0.15) is 10.7 Å². The molecule has 0 aliphatic rings. The first kappa shape index (κ1) is 19.7. The molecule has 0 fully saturated rings. The summed E-state index contributed by atoms with van der Waals surface area (Å²) in [5.74, 6) is -2.52. The van der Waals surface area contributed by atoms with Crippen molar-refractivity contribution in [3.63, 3.8) is 0 Å². The third-order valence-corrected chi connectivity index (χ3v) is 3.11. The lowest BCUT2D eigenvalue weighted by Crippen LogP contribution is -2.18. The van der Waals surface area contributed by atoms with Crippen molar-refractivity contribution in [2.45, 2.75) is 0 Å². The largest absolute Gasteiger partial charge is 0.502 e. The van der Waals surface area contributed by atoms with Crippen molar-refractivity contribution in [1.29, 1.82) is 0 Å². The molecule has 0 bridgehead atoms. The number of aromatic hydroxyl groups is 1. The summed E-state index contributed by atoms with van der Waals surface area (Å²) in [5.41, 5.74) is -0.579. The number of furan rings is 1. The van der Waals surface area contributed by atoms with Gasteiger partial charge in [-0.3, -0.25) is 35.1 Å². The first-order valence-electron chi connectivity index (χ1n) is 7.10. The molecular weight excluding hydrogens is 382 g/mol. The maximum Gasteiger partial charge on any atom is 0.433 e. The van der Waals surface area contributed by atoms with Crippen LogP contribution in [0.2, 0.25) is 0 Å². The Morgan fingerprint density at radius 1 is 1.11 bits per heavy atom. The van der Waals surface area contributed by atoms with E-state index in [1.54, 1.807) is 0 Å². The van der Waals surface area contributed by atoms with Gasteiger partial charge in [0.05, 0.1) is 27.5 Å². The summed E-state index contributed by atoms with van der Waals surface area (Å²) >= 11 is 0. The second-order valence-corrected chi connectivity index (χ2v) is 4.89. The van der Waals surface area contributed by atoms with E-state index in [1.165, 1.54) is 18.2 Å². The molecule has 14 heteroatoms. The van der Waals surface area contributed by atoms with Crippen molar-refractivity contribution < 1.29 is 29.1 Å². The Bertz CT molecular complexity index is 1020. The number of amides is 1. The third kappa shape index (κ3) is 4.51. The Labute approximate surface area is 153 Å². The fourth-order valence-corrected chi connectivity index (χ4v) is 1.89. The fraction of sp³-hybridized carbons (Fsp3) is 0. The lowest BCUT2D eigenvalue weighted by Gasteiger charge is -2.03. The van der Waals surface area contributed by atoms with Gasteiger partial charge in [-0.15, -0.1) is 0 Å². The number of carbonyl (C=O) groups excluding carboxylic acids is 1. The van der Waals surface area contributed by atoms with Gasteiger partial charge in [0.15, 0.2) is 0 Å². The summed E-state index contributed by atoms with van der Waals surface area (Å²) in [6.07, 6.45) is 3.58. The zero-order valence-electron chi connectivity index (χ0n) is 13.5. The Morgan fingerprint density at radius 2 is 1.82 bits per heavy atom. The summed E-state index contributed by atoms with van der Waals surface area (Å²) in [4.78, 5) is 41.4. The monoisotopic (exact) mass is 391 g/mol. The highest BCUT2D eigenvalue weighted by molar-refractivity contribution is 5.99. The van der Waals surface area contributed by atoms with Gasteiger partial charge in [-0.1, -0.05) is 0 Å². The summed E-state index contributed by atoms with van der Waals surface area (Å²) < 4.78 is 4.83. The normalized spacial score (nSPS) is 11.0. The number of phenolic OH excluding ortho intramolecular Hbond substituents is 1. The van der Waals surface area contributed by atoms with Crippen molar-refractivity contribution in [2.75, 3.05) is 0 Å². The molecule has 14 nitrogen and oxygen atoms in total. The average molecular weight is 391 g/mol. The van der Waals surface area contributed by atoms with E-state index in [2.05, 4.69) is 5.10 Å². The SMILES string of the molecule is O=C(N/N=C/C=C/c1ccc([N+](=O)[O-])o1)c1cc([N+](=O)[O-])cc([N+](=O)[O-])c1O. The van der Waals surface area contributed by atoms with Gasteiger partial charge >= 0.3 is 11.6 Å². The molecule has 144 valence electrons. The molecule has 1 amide bonds. The smallest absolute Gasteiger partial charge is 0.433 e. The lowest BCUT2D eigenvalue weighted by molar-refractivity contribution is -0.402. The van der Waals surface area contributed by atoms with Crippen LogP contribution in [-0.2, 0) is 0 Å². The predicted octanol–water partition coefficient (Wildman–Crippen LogP) is 2.14. The number of benzene rings is 1. The Balaban J connectivity index is 2.12. The minimum atomic E-state index is -1.14. The molecule has 0 aliphatic heterocycles. The van der Waals surface area contributed by atoms with Crippen molar-refractivity contribution in [2.24, 2.45) is 5.10 Å². The van der Waals surface area contributed by atoms with E-state index in [4.69, 9.17) is 4.42 Å². The molecule has 0 aliphatic carbocycles. The number of rotatable bonds is 7. The van der Waals surface area contributed by atoms with Crippen LogP contribution in [0.3, 0.4) is 0 Å². The average Bonchev–Trinajstić information content (AvgIpc) is 3.10. The van der Waals surface area contributed by atoms with Crippen molar-refractivity contribution >= 4 is 35.5 Å². The summed E-state index contributed by atoms with van der Waals surface area (Å²) in [7, 11) is 0. The van der Waals surface area contributed by atoms with Gasteiger partial charge in [0.25, 0.3) is 11.6 Å². The van der Waals surface area contributed by atoms with Gasteiger partial charge in [-0.05, 0) is 18.2 Å². The van der Waals surface area contributed by atoms with Crippen LogP contribution in [0.1, 0.15) is 16.1 Å². The molecule has 0 atom stereocenters. The van der Waals surface area contributed by atoms with E-state index in [0.717, 1.165) is 12.3 Å². The first-order valence-corrected chi connectivity index (χ1v) is 7.10. The quantitative estimate of drug-likeness (QED) is 0.402. The van der Waals surface area contributed by atoms with Gasteiger partial charge < -0.3 is 9.52 Å². The highest BCUT2D eigenvalue weighted by Gasteiger charge is 2.27. The van der Waals surface area contributed by atoms with E-state index >= 15 is 0 Å². The Morgan fingerprint density at radius 3 is 2.39 bits per heavy atom. The van der Waals surface area contributed by atoms with Gasteiger partial charge in [0, 0.05) is 12.3 Å². The number of nitro benzene ring substituents is 2. The van der Waals surface area contributed by atoms with E-state index in [0.29, 0.717) is 12.1 Å². The number of hydrogen-bond acceptors (Lipinski definition) is 10. The molecule has 1 heterocycles. The second-order valence-electron chi connectivity index (χ2n) is 4.89. The Kier molecular flexibility index (Phi) is 5.75. The second kappa shape index (κ2) is 8.17. The van der Waals surface area contributed by atoms with Crippen LogP contribution >= 0.6 is 0 Å². The van der Waals surface area contributed by atoms with E-state index in [1.807, 2.05) is 5.43 Å². The number of carbonyl (C=O) groups is 1. The highest BCUT2D eigenvalue weighted by atomic mass is 16.7. The zero-order valence-corrected chi connectivity index (χ0v) is 13.5. The predicted molar refractivity (Wildman–Crippen MR) is 91.8 cm³/mol. The number of non-ortho nitro benzene ring substituents is 1. The minimum Gasteiger partial charge on any atom is -0.502 e. The minimum absolute atomic E-state index is 0.136. The third-order valence-electron chi connectivity index (χ3n) is 3.11. The number of nitrogens with zero attached hydrogens (tertiary/aromatic N) is 4. The van der Waals surface area contributed by atoms with Crippen LogP contribution in [0.25, 0.3) is 6.08 Å². The number of hydrogen-bond donors (Lipinski definition) is 2. The number of nitro groups is 3. The van der Waals surface area contributed by atoms with Crippen LogP contribution in [0.4, 0.5) is 17.3 Å². The summed E-state index contributed by atoms with van der Waals surface area (Å²) in [6.45, 7) is 0. The maximum absolute atomic E-state index is 12.0. The van der Waals surface area contributed by atoms with E-state index < -0.39 is 49.2 Å². The maximum atomic E-state index is 12.0. The molecule has 2 aromatic rings. The van der Waals surface area contributed by atoms with Crippen molar-refractivity contribution in [3.05, 3.63) is 72.0 Å². The molecule has 0 unspecified atom stereocenters. The van der Waals surface area contributed by atoms with Gasteiger partial charge in [-0.25, -0.2) is 5.43 Å². The Hall–Kier alpha value is -4.62. The van der Waals surface area contributed by atoms with Gasteiger partial charge in [0.2, 0.25) is 5.75 Å². The molecule has 0 saturated heterocycles. The molecule has 0 radical (unpaired) electrons. The van der Waals surface area contributed by atoms with Crippen LogP contribution in [0.15, 0.2) is 39.9 Å². The summed E-state index contributed by atoms with van der Waals surface area (Å²) in [6, 6.07) is 3.63. The van der Waals surface area contributed by atoms with Crippen LogP contribution < -0.4 is 5.43 Å². The van der Waals surface area contributed by atoms with Crippen molar-refractivity contribution in [1.82, 2.24) is 5.43 Å². The molecule has 2 rings (SSSR count). The van der Waals surface area contributed by atoms with E-state index in [-0.39, 0.29) is 5.76 Å². The lowest BCUT2D eigenvalue weighted by atomic mass is 10.1. The molecule has 2 N–H and O–H groups in total. The zero-order chi connectivity index (χ0) is 20.8.